The Labute approximate surface area is 111 Å². The maximum Gasteiger partial charge on any atom is 0.337 e. The van der Waals surface area contributed by atoms with Crippen molar-refractivity contribution in [2.24, 2.45) is 5.73 Å². The predicted molar refractivity (Wildman–Crippen MR) is 75.3 cm³/mol. The highest BCUT2D eigenvalue weighted by Crippen LogP contribution is 2.24. The number of benzene rings is 1. The molecule has 1 atom stereocenters. The van der Waals surface area contributed by atoms with Gasteiger partial charge >= 0.3 is 5.97 Å². The Bertz CT molecular complexity index is 425. The number of nitrogens with zero attached hydrogens (tertiary/aromatic N) is 1. The van der Waals surface area contributed by atoms with Gasteiger partial charge in [-0.2, -0.15) is 11.8 Å². The zero-order valence-electron chi connectivity index (χ0n) is 10.5. The number of anilines is 1. The third kappa shape index (κ3) is 2.97. The minimum atomic E-state index is -0.293. The lowest BCUT2D eigenvalue weighted by molar-refractivity contribution is 0.0601. The normalized spacial score (nSPS) is 19.7. The van der Waals surface area contributed by atoms with Crippen LogP contribution in [-0.4, -0.2) is 43.7 Å². The second-order valence-electron chi connectivity index (χ2n) is 4.22. The minimum Gasteiger partial charge on any atom is -0.465 e. The van der Waals surface area contributed by atoms with Crippen molar-refractivity contribution in [1.82, 2.24) is 0 Å². The summed E-state index contributed by atoms with van der Waals surface area (Å²) in [6, 6.07) is 7.57. The molecule has 5 heteroatoms. The van der Waals surface area contributed by atoms with Crippen molar-refractivity contribution >= 4 is 23.4 Å². The van der Waals surface area contributed by atoms with Crippen molar-refractivity contribution in [3.05, 3.63) is 29.8 Å². The molecule has 0 bridgehead atoms. The molecule has 0 spiro atoms. The molecule has 4 nitrogen and oxygen atoms in total. The third-order valence-electron chi connectivity index (χ3n) is 3.03. The summed E-state index contributed by atoms with van der Waals surface area (Å²) in [4.78, 5) is 13.8. The smallest absolute Gasteiger partial charge is 0.337 e. The Balaban J connectivity index is 2.15. The lowest BCUT2D eigenvalue weighted by atomic mass is 10.2. The van der Waals surface area contributed by atoms with Gasteiger partial charge in [0.25, 0.3) is 0 Å². The maximum atomic E-state index is 11.5. The topological polar surface area (TPSA) is 55.6 Å². The van der Waals surface area contributed by atoms with Crippen molar-refractivity contribution in [3.63, 3.8) is 0 Å². The molecule has 1 aromatic rings. The fourth-order valence-corrected chi connectivity index (χ4v) is 3.12. The molecule has 2 rings (SSSR count). The molecule has 0 saturated carbocycles. The van der Waals surface area contributed by atoms with Gasteiger partial charge in [-0.1, -0.05) is 6.07 Å². The van der Waals surface area contributed by atoms with E-state index in [1.54, 1.807) is 6.07 Å². The summed E-state index contributed by atoms with van der Waals surface area (Å²) in [5, 5.41) is 0.473. The molecule has 0 radical (unpaired) electrons. The number of methoxy groups -OCH3 is 1. The van der Waals surface area contributed by atoms with E-state index in [0.717, 1.165) is 24.5 Å². The highest BCUT2D eigenvalue weighted by molar-refractivity contribution is 8.00. The molecule has 18 heavy (non-hydrogen) atoms. The van der Waals surface area contributed by atoms with Crippen molar-refractivity contribution in [1.29, 1.82) is 0 Å². The average Bonchev–Trinajstić information content (AvgIpc) is 2.46. The summed E-state index contributed by atoms with van der Waals surface area (Å²) in [6.07, 6.45) is 0. The van der Waals surface area contributed by atoms with Crippen LogP contribution in [0.1, 0.15) is 10.4 Å². The second kappa shape index (κ2) is 6.11. The summed E-state index contributed by atoms with van der Waals surface area (Å²) < 4.78 is 4.74. The van der Waals surface area contributed by atoms with Gasteiger partial charge < -0.3 is 15.4 Å². The Morgan fingerprint density at radius 1 is 1.61 bits per heavy atom. The first-order chi connectivity index (χ1) is 8.74. The van der Waals surface area contributed by atoms with Gasteiger partial charge in [-0.05, 0) is 18.2 Å². The number of carbonyl (C=O) groups excluding carboxylic acids is 1. The first-order valence-electron chi connectivity index (χ1n) is 5.99. The highest BCUT2D eigenvalue weighted by atomic mass is 32.2. The molecule has 0 amide bonds. The van der Waals surface area contributed by atoms with Crippen LogP contribution in [0.4, 0.5) is 5.69 Å². The highest BCUT2D eigenvalue weighted by Gasteiger charge is 2.20. The number of thioether (sulfide) groups is 1. The number of hydrogen-bond acceptors (Lipinski definition) is 5. The van der Waals surface area contributed by atoms with Crippen molar-refractivity contribution in [2.45, 2.75) is 5.25 Å². The maximum absolute atomic E-state index is 11.5. The number of esters is 1. The Morgan fingerprint density at radius 2 is 2.44 bits per heavy atom. The van der Waals surface area contributed by atoms with Gasteiger partial charge in [-0.25, -0.2) is 4.79 Å². The first kappa shape index (κ1) is 13.2. The number of carbonyl (C=O) groups is 1. The van der Waals surface area contributed by atoms with Crippen LogP contribution in [0, 0.1) is 0 Å². The van der Waals surface area contributed by atoms with Crippen LogP contribution < -0.4 is 10.6 Å². The fraction of sp³-hybridized carbons (Fsp3) is 0.462. The van der Waals surface area contributed by atoms with Crippen LogP contribution in [0.15, 0.2) is 24.3 Å². The minimum absolute atomic E-state index is 0.293. The molecule has 1 fully saturated rings. The van der Waals surface area contributed by atoms with Gasteiger partial charge in [0.15, 0.2) is 0 Å². The molecule has 1 aliphatic rings. The Morgan fingerprint density at radius 3 is 3.17 bits per heavy atom. The van der Waals surface area contributed by atoms with E-state index in [-0.39, 0.29) is 5.97 Å². The number of nitrogens with two attached hydrogens (primary N) is 1. The van der Waals surface area contributed by atoms with Gasteiger partial charge in [0.1, 0.15) is 0 Å². The van der Waals surface area contributed by atoms with E-state index in [1.807, 2.05) is 30.0 Å². The van der Waals surface area contributed by atoms with Crippen LogP contribution in [-0.2, 0) is 4.74 Å². The number of hydrogen-bond donors (Lipinski definition) is 1. The Kier molecular flexibility index (Phi) is 4.49. The summed E-state index contributed by atoms with van der Waals surface area (Å²) in [7, 11) is 1.40. The lowest BCUT2D eigenvalue weighted by Crippen LogP contribution is -2.41. The van der Waals surface area contributed by atoms with Crippen LogP contribution >= 0.6 is 11.8 Å². The predicted octanol–water partition coefficient (Wildman–Crippen LogP) is 1.35. The summed E-state index contributed by atoms with van der Waals surface area (Å²) in [5.41, 5.74) is 7.38. The van der Waals surface area contributed by atoms with Crippen LogP contribution in [0.2, 0.25) is 0 Å². The van der Waals surface area contributed by atoms with Crippen LogP contribution in [0.5, 0.6) is 0 Å². The van der Waals surface area contributed by atoms with E-state index in [1.165, 1.54) is 7.11 Å². The first-order valence-corrected chi connectivity index (χ1v) is 7.04. The van der Waals surface area contributed by atoms with E-state index in [4.69, 9.17) is 10.5 Å². The van der Waals surface area contributed by atoms with Gasteiger partial charge in [0.05, 0.1) is 12.7 Å². The van der Waals surface area contributed by atoms with Crippen LogP contribution in [0.25, 0.3) is 0 Å². The van der Waals surface area contributed by atoms with Gasteiger partial charge in [0.2, 0.25) is 0 Å². The van der Waals surface area contributed by atoms with Gasteiger partial charge in [0, 0.05) is 36.3 Å². The molecule has 1 unspecified atom stereocenters. The molecule has 1 heterocycles. The molecule has 0 aliphatic carbocycles. The third-order valence-corrected chi connectivity index (χ3v) is 4.27. The molecule has 2 N–H and O–H groups in total. The molecular weight excluding hydrogens is 248 g/mol. The van der Waals surface area contributed by atoms with Gasteiger partial charge in [-0.15, -0.1) is 0 Å². The number of ether oxygens (including phenoxy) is 1. The lowest BCUT2D eigenvalue weighted by Gasteiger charge is -2.33. The SMILES string of the molecule is COC(=O)c1cccc(N2CCSC(CN)C2)c1. The van der Waals surface area contributed by atoms with Crippen molar-refractivity contribution < 1.29 is 9.53 Å². The molecular formula is C13H18N2O2S. The molecule has 1 aromatic carbocycles. The molecule has 1 saturated heterocycles. The van der Waals surface area contributed by atoms with Gasteiger partial charge in [-0.3, -0.25) is 0 Å². The Hall–Kier alpha value is -1.20. The zero-order chi connectivity index (χ0) is 13.0. The van der Waals surface area contributed by atoms with E-state index in [2.05, 4.69) is 4.90 Å². The fourth-order valence-electron chi connectivity index (χ4n) is 2.04. The van der Waals surface area contributed by atoms with E-state index in [0.29, 0.717) is 17.4 Å². The van der Waals surface area contributed by atoms with Crippen molar-refractivity contribution in [2.75, 3.05) is 37.4 Å². The van der Waals surface area contributed by atoms with E-state index >= 15 is 0 Å². The van der Waals surface area contributed by atoms with E-state index < -0.39 is 0 Å². The summed E-state index contributed by atoms with van der Waals surface area (Å²) in [6.45, 7) is 2.62. The van der Waals surface area contributed by atoms with Crippen LogP contribution in [0.3, 0.4) is 0 Å². The summed E-state index contributed by atoms with van der Waals surface area (Å²) >= 11 is 1.92. The second-order valence-corrected chi connectivity index (χ2v) is 5.62. The van der Waals surface area contributed by atoms with E-state index in [9.17, 15) is 4.79 Å². The van der Waals surface area contributed by atoms with Crippen molar-refractivity contribution in [3.8, 4) is 0 Å². The average molecular weight is 266 g/mol. The number of rotatable bonds is 3. The summed E-state index contributed by atoms with van der Waals surface area (Å²) in [5.74, 6) is 0.781. The molecule has 1 aliphatic heterocycles. The molecule has 0 aromatic heterocycles. The zero-order valence-corrected chi connectivity index (χ0v) is 11.3. The quantitative estimate of drug-likeness (QED) is 0.837. The molecule has 98 valence electrons. The standard InChI is InChI=1S/C13H18N2O2S/c1-17-13(16)10-3-2-4-11(7-10)15-5-6-18-12(8-14)9-15/h2-4,7,12H,5-6,8-9,14H2,1H3. The monoisotopic (exact) mass is 266 g/mol. The largest absolute Gasteiger partial charge is 0.465 e.